The molecule has 1 aliphatic heterocycles. The highest BCUT2D eigenvalue weighted by Gasteiger charge is 2.16. The molecule has 7 heteroatoms. The van der Waals surface area contributed by atoms with Crippen LogP contribution in [-0.4, -0.2) is 36.0 Å². The van der Waals surface area contributed by atoms with Gasteiger partial charge in [0, 0.05) is 18.7 Å². The van der Waals surface area contributed by atoms with E-state index in [0.29, 0.717) is 22.9 Å². The molecule has 2 heterocycles. The van der Waals surface area contributed by atoms with Crippen LogP contribution in [-0.2, 0) is 0 Å². The van der Waals surface area contributed by atoms with Gasteiger partial charge in [-0.2, -0.15) is 0 Å². The first-order valence-corrected chi connectivity index (χ1v) is 7.51. The fraction of sp³-hybridized carbons (Fsp3) is 0.312. The lowest BCUT2D eigenvalue weighted by Gasteiger charge is -2.18. The van der Waals surface area contributed by atoms with Gasteiger partial charge in [-0.15, -0.1) is 10.2 Å². The van der Waals surface area contributed by atoms with Gasteiger partial charge >= 0.3 is 0 Å². The van der Waals surface area contributed by atoms with Crippen LogP contribution in [0.3, 0.4) is 0 Å². The van der Waals surface area contributed by atoms with Gasteiger partial charge in [-0.25, -0.2) is 0 Å². The Balaban J connectivity index is 1.70. The topological polar surface area (TPSA) is 76.6 Å². The van der Waals surface area contributed by atoms with E-state index >= 15 is 0 Å². The molecular weight excluding hydrogens is 296 g/mol. The number of rotatable bonds is 5. The van der Waals surface area contributed by atoms with Gasteiger partial charge in [0.15, 0.2) is 23.1 Å². The Bertz CT molecular complexity index is 699. The van der Waals surface area contributed by atoms with Gasteiger partial charge in [0.25, 0.3) is 5.91 Å². The monoisotopic (exact) mass is 314 g/mol. The molecule has 3 rings (SSSR count). The van der Waals surface area contributed by atoms with Crippen molar-refractivity contribution < 1.29 is 14.3 Å². The summed E-state index contributed by atoms with van der Waals surface area (Å²) in [5.74, 6) is 2.14. The van der Waals surface area contributed by atoms with Crippen molar-refractivity contribution in [3.05, 3.63) is 35.9 Å². The average molecular weight is 314 g/mol. The van der Waals surface area contributed by atoms with Gasteiger partial charge in [0.2, 0.25) is 6.79 Å². The van der Waals surface area contributed by atoms with Crippen LogP contribution < -0.4 is 19.7 Å². The van der Waals surface area contributed by atoms with Crippen molar-refractivity contribution in [2.24, 2.45) is 0 Å². The Kier molecular flexibility index (Phi) is 4.27. The molecule has 0 spiro atoms. The van der Waals surface area contributed by atoms with Crippen LogP contribution in [0.2, 0.25) is 0 Å². The quantitative estimate of drug-likeness (QED) is 0.912. The highest BCUT2D eigenvalue weighted by Crippen LogP contribution is 2.32. The first-order valence-electron chi connectivity index (χ1n) is 7.51. The second-order valence-corrected chi connectivity index (χ2v) is 4.97. The average Bonchev–Trinajstić information content (AvgIpc) is 3.05. The van der Waals surface area contributed by atoms with Crippen molar-refractivity contribution >= 4 is 17.5 Å². The first kappa shape index (κ1) is 15.1. The Morgan fingerprint density at radius 3 is 2.61 bits per heavy atom. The molecule has 0 radical (unpaired) electrons. The summed E-state index contributed by atoms with van der Waals surface area (Å²) in [5, 5.41) is 10.9. The molecule has 120 valence electrons. The number of fused-ring (bicyclic) bond motifs is 1. The fourth-order valence-electron chi connectivity index (χ4n) is 2.33. The Morgan fingerprint density at radius 1 is 1.13 bits per heavy atom. The van der Waals surface area contributed by atoms with Gasteiger partial charge in [-0.3, -0.25) is 4.79 Å². The zero-order valence-corrected chi connectivity index (χ0v) is 13.1. The predicted molar refractivity (Wildman–Crippen MR) is 86.1 cm³/mol. The van der Waals surface area contributed by atoms with Crippen molar-refractivity contribution in [2.45, 2.75) is 13.8 Å². The number of aromatic nitrogens is 2. The third-order valence-electron chi connectivity index (χ3n) is 3.61. The summed E-state index contributed by atoms with van der Waals surface area (Å²) >= 11 is 0. The number of ether oxygens (including phenoxy) is 2. The fourth-order valence-corrected chi connectivity index (χ4v) is 2.33. The van der Waals surface area contributed by atoms with Crippen molar-refractivity contribution in [3.63, 3.8) is 0 Å². The lowest BCUT2D eigenvalue weighted by Crippen LogP contribution is -2.23. The van der Waals surface area contributed by atoms with E-state index in [9.17, 15) is 4.79 Å². The maximum Gasteiger partial charge on any atom is 0.257 e. The second kappa shape index (κ2) is 6.51. The summed E-state index contributed by atoms with van der Waals surface area (Å²) in [7, 11) is 0. The Hall–Kier alpha value is -2.83. The van der Waals surface area contributed by atoms with Gasteiger partial charge in [-0.05, 0) is 44.2 Å². The van der Waals surface area contributed by atoms with Crippen molar-refractivity contribution in [1.29, 1.82) is 0 Å². The van der Waals surface area contributed by atoms with Crippen molar-refractivity contribution in [1.82, 2.24) is 10.2 Å². The molecule has 1 aliphatic rings. The van der Waals surface area contributed by atoms with Gasteiger partial charge in [-0.1, -0.05) is 0 Å². The van der Waals surface area contributed by atoms with E-state index in [1.807, 2.05) is 6.07 Å². The molecular formula is C16H18N4O3. The number of nitrogens with one attached hydrogen (secondary N) is 1. The summed E-state index contributed by atoms with van der Waals surface area (Å²) in [5.41, 5.74) is 0.476. The molecule has 0 atom stereocenters. The lowest BCUT2D eigenvalue weighted by atomic mass is 10.2. The summed E-state index contributed by atoms with van der Waals surface area (Å²) < 4.78 is 10.5. The highest BCUT2D eigenvalue weighted by molar-refractivity contribution is 6.04. The van der Waals surface area contributed by atoms with Crippen molar-refractivity contribution in [2.75, 3.05) is 30.1 Å². The molecule has 0 aliphatic carbocycles. The van der Waals surface area contributed by atoms with Crippen LogP contribution in [0.25, 0.3) is 0 Å². The smallest absolute Gasteiger partial charge is 0.257 e. The number of carbonyl (C=O) groups excluding carboxylic acids is 1. The molecule has 1 aromatic carbocycles. The minimum atomic E-state index is -0.270. The Labute approximate surface area is 134 Å². The predicted octanol–water partition coefficient (Wildman–Crippen LogP) is 2.30. The molecule has 0 unspecified atom stereocenters. The normalized spacial score (nSPS) is 12.1. The first-order chi connectivity index (χ1) is 11.2. The standard InChI is InChI=1S/C16H18N4O3/c1-3-20(4-2)15-8-7-14(18-19-15)17-16(21)11-5-6-12-13(9-11)23-10-22-12/h5-9H,3-4,10H2,1-2H3,(H,17,18,21). The lowest BCUT2D eigenvalue weighted by molar-refractivity contribution is 0.102. The zero-order chi connectivity index (χ0) is 16.2. The largest absolute Gasteiger partial charge is 0.454 e. The summed E-state index contributed by atoms with van der Waals surface area (Å²) in [6.07, 6.45) is 0. The van der Waals surface area contributed by atoms with E-state index in [0.717, 1.165) is 18.9 Å². The number of benzene rings is 1. The van der Waals surface area contributed by atoms with Crippen LogP contribution in [0.1, 0.15) is 24.2 Å². The zero-order valence-electron chi connectivity index (χ0n) is 13.1. The molecule has 1 amide bonds. The van der Waals surface area contributed by atoms with Crippen molar-refractivity contribution in [3.8, 4) is 11.5 Å². The number of hydrogen-bond acceptors (Lipinski definition) is 6. The van der Waals surface area contributed by atoms with Gasteiger partial charge in [0.1, 0.15) is 0 Å². The second-order valence-electron chi connectivity index (χ2n) is 4.97. The summed E-state index contributed by atoms with van der Waals surface area (Å²) in [4.78, 5) is 14.3. The molecule has 0 saturated heterocycles. The number of carbonyl (C=O) groups is 1. The minimum absolute atomic E-state index is 0.179. The molecule has 2 aromatic rings. The number of nitrogens with zero attached hydrogens (tertiary/aromatic N) is 3. The van der Waals surface area contributed by atoms with E-state index in [2.05, 4.69) is 34.3 Å². The molecule has 1 aromatic heterocycles. The molecule has 7 nitrogen and oxygen atoms in total. The molecule has 23 heavy (non-hydrogen) atoms. The molecule has 0 bridgehead atoms. The minimum Gasteiger partial charge on any atom is -0.454 e. The van der Waals surface area contributed by atoms with Crippen LogP contribution in [0.4, 0.5) is 11.6 Å². The third kappa shape index (κ3) is 3.18. The van der Waals surface area contributed by atoms with E-state index in [4.69, 9.17) is 9.47 Å². The third-order valence-corrected chi connectivity index (χ3v) is 3.61. The van der Waals surface area contributed by atoms with E-state index in [1.165, 1.54) is 0 Å². The molecule has 0 saturated carbocycles. The number of hydrogen-bond donors (Lipinski definition) is 1. The van der Waals surface area contributed by atoms with Crippen LogP contribution in [0, 0.1) is 0 Å². The maximum atomic E-state index is 12.3. The summed E-state index contributed by atoms with van der Waals surface area (Å²) in [6, 6.07) is 8.63. The van der Waals surface area contributed by atoms with Crippen LogP contribution in [0.5, 0.6) is 11.5 Å². The van der Waals surface area contributed by atoms with Gasteiger partial charge < -0.3 is 19.7 Å². The Morgan fingerprint density at radius 2 is 1.91 bits per heavy atom. The number of amides is 1. The maximum absolute atomic E-state index is 12.3. The molecule has 0 fully saturated rings. The highest BCUT2D eigenvalue weighted by atomic mass is 16.7. The number of anilines is 2. The van der Waals surface area contributed by atoms with E-state index in [1.54, 1.807) is 24.3 Å². The van der Waals surface area contributed by atoms with Crippen LogP contribution in [0.15, 0.2) is 30.3 Å². The van der Waals surface area contributed by atoms with Crippen LogP contribution >= 0.6 is 0 Å². The summed E-state index contributed by atoms with van der Waals surface area (Å²) in [6.45, 7) is 6.00. The molecule has 1 N–H and O–H groups in total. The van der Waals surface area contributed by atoms with E-state index < -0.39 is 0 Å². The van der Waals surface area contributed by atoms with E-state index in [-0.39, 0.29) is 12.7 Å². The van der Waals surface area contributed by atoms with Gasteiger partial charge in [0.05, 0.1) is 0 Å². The SMILES string of the molecule is CCN(CC)c1ccc(NC(=O)c2ccc3c(c2)OCO3)nn1.